The van der Waals surface area contributed by atoms with Crippen molar-refractivity contribution in [3.05, 3.63) is 45.9 Å². The Bertz CT molecular complexity index is 4030. The van der Waals surface area contributed by atoms with Gasteiger partial charge in [-0.1, -0.05) is 0 Å². The van der Waals surface area contributed by atoms with E-state index < -0.39 is 239 Å². The van der Waals surface area contributed by atoms with Gasteiger partial charge in [0.05, 0.1) is 89.7 Å². The average molecular weight is 1550 g/mol. The molecular weight excluding hydrogens is 1490 g/mol. The topological polar surface area (TPSA) is 454 Å². The monoisotopic (exact) mass is 1550 g/mol. The van der Waals surface area contributed by atoms with E-state index in [2.05, 4.69) is 0 Å². The zero-order valence-electron chi connectivity index (χ0n) is 54.2. The maximum atomic E-state index is 15.5. The van der Waals surface area contributed by atoms with Gasteiger partial charge in [-0.05, 0) is 39.8 Å². The van der Waals surface area contributed by atoms with E-state index in [1.165, 1.54) is 90.5 Å². The second-order valence-corrected chi connectivity index (χ2v) is 31.5. The van der Waals surface area contributed by atoms with Crippen molar-refractivity contribution >= 4 is 88.7 Å². The fourth-order valence-electron chi connectivity index (χ4n) is 16.5. The van der Waals surface area contributed by atoms with Gasteiger partial charge in [-0.2, -0.15) is 0 Å². The van der Waals surface area contributed by atoms with E-state index in [9.17, 15) is 51.9 Å². The molecule has 0 bridgehead atoms. The predicted molar refractivity (Wildman–Crippen MR) is 299 cm³/mol. The summed E-state index contributed by atoms with van der Waals surface area (Å²) in [7, 11) is -19.1. The zero-order chi connectivity index (χ0) is 67.2. The van der Waals surface area contributed by atoms with Crippen LogP contribution < -0.4 is 215 Å². The molecule has 1 aromatic rings. The summed E-state index contributed by atoms with van der Waals surface area (Å²) < 4.78 is 163. The van der Waals surface area contributed by atoms with E-state index in [0.29, 0.717) is 0 Å². The molecule has 14 aliphatic rings. The van der Waals surface area contributed by atoms with Crippen molar-refractivity contribution in [3.63, 3.8) is 0 Å². The molecule has 0 N–H and O–H groups in total. The van der Waals surface area contributed by atoms with Crippen LogP contribution in [0.2, 0.25) is 0 Å². The smallest absolute Gasteiger partial charge is 0.748 e. The van der Waals surface area contributed by atoms with E-state index in [1.54, 1.807) is 27.7 Å². The quantitative estimate of drug-likeness (QED) is 0.110. The van der Waals surface area contributed by atoms with Crippen molar-refractivity contribution < 1.29 is 315 Å². The summed E-state index contributed by atoms with van der Waals surface area (Å²) >= 11 is 0. The van der Waals surface area contributed by atoms with Crippen molar-refractivity contribution in [3.8, 4) is 11.5 Å². The molecule has 0 spiro atoms. The van der Waals surface area contributed by atoms with Crippen LogP contribution in [0.15, 0.2) is 34.8 Å². The first kappa shape index (κ1) is 77.3. The summed E-state index contributed by atoms with van der Waals surface area (Å²) in [5, 5.41) is 0. The second-order valence-electron chi connectivity index (χ2n) is 25.4. The van der Waals surface area contributed by atoms with Gasteiger partial charge in [0.2, 0.25) is 0 Å². The van der Waals surface area contributed by atoms with Gasteiger partial charge in [-0.15, -0.1) is 0 Å². The zero-order valence-corrected chi connectivity index (χ0v) is 70.0. The fraction of sp³-hybridized carbons (Fsp3) is 0.640. The van der Waals surface area contributed by atoms with E-state index in [1.807, 2.05) is 0 Å². The molecule has 48 heteroatoms. The molecule has 13 aliphatic heterocycles. The Kier molecular flexibility index (Phi) is 20.6. The first-order valence-electron chi connectivity index (χ1n) is 29.4. The molecule has 0 unspecified atom stereocenters. The van der Waals surface area contributed by atoms with Crippen molar-refractivity contribution in [1.82, 2.24) is 78.4 Å². The molecule has 98 heavy (non-hydrogen) atoms. The van der Waals surface area contributed by atoms with Crippen LogP contribution in [0.3, 0.4) is 0 Å². The third-order valence-corrected chi connectivity index (χ3v) is 24.0. The van der Waals surface area contributed by atoms with Gasteiger partial charge in [-0.25, -0.2) is 72.0 Å². The number of urea groups is 8. The van der Waals surface area contributed by atoms with Crippen molar-refractivity contribution in [2.45, 2.75) is 101 Å². The molecule has 12 saturated heterocycles. The minimum atomic E-state index is -4.80. The van der Waals surface area contributed by atoms with Gasteiger partial charge in [0.15, 0.2) is 47.3 Å². The van der Waals surface area contributed by atoms with Crippen LogP contribution in [-0.2, 0) is 63.0 Å². The summed E-state index contributed by atoms with van der Waals surface area (Å²) in [6.07, 6.45) is -5.34. The molecule has 13 heterocycles. The van der Waals surface area contributed by atoms with Gasteiger partial charge in [0.25, 0.3) is 0 Å². The predicted octanol–water partition coefficient (Wildman–Crippen LogP) is -15.1. The van der Waals surface area contributed by atoms with Crippen molar-refractivity contribution in [2.24, 2.45) is 0 Å². The number of hydrogen-bond donors (Lipinski definition) is 0. The molecule has 1 aliphatic carbocycles. The van der Waals surface area contributed by atoms with E-state index >= 15 is 38.4 Å². The minimum Gasteiger partial charge on any atom is -0.748 e. The molecule has 510 valence electrons. The Morgan fingerprint density at radius 3 is 0.827 bits per heavy atom. The van der Waals surface area contributed by atoms with Gasteiger partial charge >= 0.3 is 254 Å². The van der Waals surface area contributed by atoms with Crippen LogP contribution in [0.25, 0.3) is 0 Å². The Morgan fingerprint density at radius 2 is 0.571 bits per heavy atom. The minimum absolute atomic E-state index is 0. The third-order valence-electron chi connectivity index (χ3n) is 21.3. The number of ether oxygens (including phenoxy) is 4. The number of carbonyl (C=O) groups excluding carboxylic acids is 8. The summed E-state index contributed by atoms with van der Waals surface area (Å²) in [5.41, 5.74) is -6.25. The molecular formula is C50H58K4N16O24S4. The Hall–Kier alpha value is -1.75. The van der Waals surface area contributed by atoms with E-state index in [4.69, 9.17) is 18.9 Å². The van der Waals surface area contributed by atoms with Gasteiger partial charge < -0.3 is 37.2 Å². The Morgan fingerprint density at radius 1 is 0.347 bits per heavy atom. The van der Waals surface area contributed by atoms with Gasteiger partial charge in [-0.3, -0.25) is 78.4 Å². The Labute approximate surface area is 730 Å². The molecule has 0 saturated carbocycles. The molecule has 15 rings (SSSR count). The number of rotatable bonds is 16. The SMILES string of the molecule is CC12N3CC4=C(OCCS(=O)(=O)[O-])CCC(OCCS(=O)(=O)[O-])=C4CN1C(=O)N1CN4C(=O)N5CN6C(=O)N7CN8C(=O)N9Cc%10c(OCCS(=O)(=O)[O-])ccc(OCCS(=O)(=O)[O-])c%10CN%10C(=O)N(CN%11C(=O)N(CN%12C(=O)N(CN(C3=O)C12C)C4C%125)C6C%117)C8(C)C%109C.[K+].[K+].[K+].[K+]. The molecule has 0 atom stereocenters. The molecule has 1 aromatic carbocycles. The van der Waals surface area contributed by atoms with Crippen LogP contribution in [0.4, 0.5) is 38.4 Å². The van der Waals surface area contributed by atoms with Crippen LogP contribution >= 0.6 is 0 Å². The number of fused-ring (bicyclic) bond motifs is 2. The number of amides is 16. The molecule has 40 nitrogen and oxygen atoms in total. The number of hydrogen-bond acceptors (Lipinski definition) is 24. The average Bonchev–Trinajstić information content (AvgIpc) is 1.50. The van der Waals surface area contributed by atoms with E-state index in [-0.39, 0.29) is 277 Å². The molecule has 12 fully saturated rings. The van der Waals surface area contributed by atoms with E-state index in [0.717, 1.165) is 0 Å². The van der Waals surface area contributed by atoms with Crippen LogP contribution in [-0.4, -0.2) is 328 Å². The maximum Gasteiger partial charge on any atom is 1.00 e. The van der Waals surface area contributed by atoms with Gasteiger partial charge in [0, 0.05) is 35.1 Å². The Balaban J connectivity index is 0.00000243. The number of nitrogens with zero attached hydrogens (tertiary/aromatic N) is 16. The largest absolute Gasteiger partial charge is 1.00 e. The summed E-state index contributed by atoms with van der Waals surface area (Å²) in [5.74, 6) is -3.62. The molecule has 0 radical (unpaired) electrons. The number of carbonyl (C=O) groups is 8. The van der Waals surface area contributed by atoms with Crippen LogP contribution in [0.1, 0.15) is 51.7 Å². The maximum absolute atomic E-state index is 15.5. The first-order valence-corrected chi connectivity index (χ1v) is 35.8. The molecule has 0 aromatic heterocycles. The summed E-state index contributed by atoms with van der Waals surface area (Å²) in [6, 6.07) is -3.56. The standard InChI is InChI=1S/C50H62N16O24S4.4K/c1-47-49(3)63-23-55-37-35-51(39(55)67)21-53-36-38-57(41(53)69)25-65-45(73)61-19-29-30(34(90-12-16-94(84,85)86)8-7-33(29)89-11-15-93(81,82)83)20-62-46(74)66(50(65,4)48(61,62)2)26-58(38)42(70)54(36)22-52(35)40(68)56(37)24-64(49)44(72)60(47)18-28-27(17-59(47)43(63)71)31(87-9-13-91(75,76)77)5-6-32(28)88-10-14-92(78,79)80;;;;/h5-6,35-38H,7-26H2,1-4H3,(H,75,76,77)(H,78,79,80)(H,81,82,83)(H,84,85,86);;;;/q;4*+1/p-4. The normalized spacial score (nSPS) is 30.2. The van der Waals surface area contributed by atoms with Crippen molar-refractivity contribution in [1.29, 1.82) is 0 Å². The van der Waals surface area contributed by atoms with Crippen LogP contribution in [0, 0.1) is 0 Å². The number of benzene rings is 1. The first-order chi connectivity index (χ1) is 43.9. The fourth-order valence-corrected chi connectivity index (χ4v) is 17.6. The third kappa shape index (κ3) is 11.2. The summed E-state index contributed by atoms with van der Waals surface area (Å²) in [6.45, 7) is -1.37. The second kappa shape index (κ2) is 26.0. The van der Waals surface area contributed by atoms with Crippen LogP contribution in [0.5, 0.6) is 11.5 Å². The van der Waals surface area contributed by atoms with Gasteiger partial charge in [0.1, 0.15) is 89.5 Å². The molecule has 16 amide bonds. The summed E-state index contributed by atoms with van der Waals surface area (Å²) in [4.78, 5) is 145. The van der Waals surface area contributed by atoms with Crippen molar-refractivity contribution in [2.75, 3.05) is 103 Å². The number of allylic oxidation sites excluding steroid dienone is 2.